The topological polar surface area (TPSA) is 63.2 Å². The Hall–Kier alpha value is -0.640. The molecule has 0 saturated heterocycles. The molecule has 8 heteroatoms. The van der Waals surface area contributed by atoms with Crippen molar-refractivity contribution in [1.82, 2.24) is 5.32 Å². The Kier molecular flexibility index (Phi) is 5.05. The predicted octanol–water partition coefficient (Wildman–Crippen LogP) is 3.21. The van der Waals surface area contributed by atoms with Gasteiger partial charge < -0.3 is 5.32 Å². The Balaban J connectivity index is 2.04. The molecule has 0 unspecified atom stereocenters. The predicted molar refractivity (Wildman–Crippen MR) is 87.7 cm³/mol. The van der Waals surface area contributed by atoms with E-state index in [4.69, 9.17) is 10.7 Å². The number of halogens is 2. The summed E-state index contributed by atoms with van der Waals surface area (Å²) in [6, 6.07) is 10.3. The van der Waals surface area contributed by atoms with Crippen LogP contribution in [0.15, 0.2) is 40.6 Å². The van der Waals surface area contributed by atoms with E-state index in [1.54, 1.807) is 18.2 Å². The van der Waals surface area contributed by atoms with Crippen molar-refractivity contribution in [2.24, 2.45) is 0 Å². The van der Waals surface area contributed by atoms with Gasteiger partial charge in [0.2, 0.25) is 0 Å². The van der Waals surface area contributed by atoms with Crippen molar-refractivity contribution < 1.29 is 13.2 Å². The van der Waals surface area contributed by atoms with E-state index in [0.29, 0.717) is 5.56 Å². The molecule has 1 N–H and O–H groups in total. The molecule has 0 spiro atoms. The summed E-state index contributed by atoms with van der Waals surface area (Å²) >= 11 is 3.13. The molecule has 0 aliphatic heterocycles. The van der Waals surface area contributed by atoms with Gasteiger partial charge in [-0.1, -0.05) is 12.1 Å². The lowest BCUT2D eigenvalue weighted by Crippen LogP contribution is -2.23. The van der Waals surface area contributed by atoms with Gasteiger partial charge in [-0.3, -0.25) is 4.79 Å². The van der Waals surface area contributed by atoms with Crippen LogP contribution >= 0.6 is 44.6 Å². The standard InChI is InChI=1S/C12H9ClINO3S2/c13-20(17,18)11-6-5-8(19-11)7-15-12(16)9-3-1-2-4-10(9)14/h1-6H,7H2,(H,15,16). The van der Waals surface area contributed by atoms with Crippen LogP contribution in [-0.2, 0) is 15.6 Å². The first-order chi connectivity index (χ1) is 9.38. The molecule has 0 aliphatic carbocycles. The van der Waals surface area contributed by atoms with Crippen LogP contribution in [0.5, 0.6) is 0 Å². The van der Waals surface area contributed by atoms with E-state index < -0.39 is 9.05 Å². The third-order valence-corrected chi connectivity index (χ3v) is 6.54. The van der Waals surface area contributed by atoms with Crippen LogP contribution in [0.2, 0.25) is 0 Å². The molecular weight excluding hydrogens is 433 g/mol. The normalized spacial score (nSPS) is 11.3. The van der Waals surface area contributed by atoms with Gasteiger partial charge in [-0.2, -0.15) is 0 Å². The van der Waals surface area contributed by atoms with E-state index in [1.165, 1.54) is 6.07 Å². The molecule has 0 aliphatic rings. The highest BCUT2D eigenvalue weighted by molar-refractivity contribution is 14.1. The monoisotopic (exact) mass is 441 g/mol. The Morgan fingerprint density at radius 2 is 1.95 bits per heavy atom. The van der Waals surface area contributed by atoms with E-state index in [2.05, 4.69) is 27.9 Å². The molecule has 0 bridgehead atoms. The molecule has 2 rings (SSSR count). The number of carbonyl (C=O) groups is 1. The molecule has 1 aromatic heterocycles. The first-order valence-corrected chi connectivity index (χ1v) is 9.64. The van der Waals surface area contributed by atoms with Crippen molar-refractivity contribution in [2.75, 3.05) is 0 Å². The Bertz CT molecular complexity index is 743. The highest BCUT2D eigenvalue weighted by Crippen LogP contribution is 2.24. The third kappa shape index (κ3) is 3.94. The molecule has 0 saturated carbocycles. The van der Waals surface area contributed by atoms with E-state index in [9.17, 15) is 13.2 Å². The smallest absolute Gasteiger partial charge is 0.270 e. The molecule has 1 heterocycles. The molecule has 4 nitrogen and oxygen atoms in total. The highest BCUT2D eigenvalue weighted by atomic mass is 127. The summed E-state index contributed by atoms with van der Waals surface area (Å²) in [5.74, 6) is -0.196. The maximum absolute atomic E-state index is 12.0. The van der Waals surface area contributed by atoms with Gasteiger partial charge in [0.15, 0.2) is 0 Å². The van der Waals surface area contributed by atoms with Gasteiger partial charge >= 0.3 is 0 Å². The van der Waals surface area contributed by atoms with Crippen molar-refractivity contribution >= 4 is 59.6 Å². The number of rotatable bonds is 4. The minimum atomic E-state index is -3.70. The van der Waals surface area contributed by atoms with Gasteiger partial charge in [-0.25, -0.2) is 8.42 Å². The minimum Gasteiger partial charge on any atom is -0.347 e. The third-order valence-electron chi connectivity index (χ3n) is 2.42. The average Bonchev–Trinajstić information content (AvgIpc) is 2.85. The van der Waals surface area contributed by atoms with E-state index >= 15 is 0 Å². The summed E-state index contributed by atoms with van der Waals surface area (Å²) in [4.78, 5) is 12.7. The number of benzene rings is 1. The van der Waals surface area contributed by atoms with Crippen molar-refractivity contribution in [3.63, 3.8) is 0 Å². The summed E-state index contributed by atoms with van der Waals surface area (Å²) in [6.45, 7) is 0.265. The number of nitrogens with one attached hydrogen (secondary N) is 1. The van der Waals surface area contributed by atoms with Crippen molar-refractivity contribution in [3.8, 4) is 0 Å². The zero-order valence-electron chi connectivity index (χ0n) is 9.97. The Labute approximate surface area is 138 Å². The van der Waals surface area contributed by atoms with Crippen molar-refractivity contribution in [2.45, 2.75) is 10.8 Å². The summed E-state index contributed by atoms with van der Waals surface area (Å²) in [6.07, 6.45) is 0. The van der Waals surface area contributed by atoms with Crippen LogP contribution in [0.25, 0.3) is 0 Å². The molecule has 1 amide bonds. The minimum absolute atomic E-state index is 0.0812. The quantitative estimate of drug-likeness (QED) is 0.585. The highest BCUT2D eigenvalue weighted by Gasteiger charge is 2.14. The number of carbonyl (C=O) groups excluding carboxylic acids is 1. The zero-order chi connectivity index (χ0) is 14.8. The Morgan fingerprint density at radius 1 is 1.25 bits per heavy atom. The van der Waals surface area contributed by atoms with Gasteiger partial charge in [-0.15, -0.1) is 11.3 Å². The fraction of sp³-hybridized carbons (Fsp3) is 0.0833. The molecule has 20 heavy (non-hydrogen) atoms. The maximum atomic E-state index is 12.0. The van der Waals surface area contributed by atoms with Gasteiger partial charge in [0.25, 0.3) is 15.0 Å². The van der Waals surface area contributed by atoms with Gasteiger partial charge in [0, 0.05) is 19.1 Å². The second-order valence-electron chi connectivity index (χ2n) is 3.82. The number of thiophene rings is 1. The fourth-order valence-corrected chi connectivity index (χ4v) is 4.19. The van der Waals surface area contributed by atoms with Crippen LogP contribution in [0, 0.1) is 3.57 Å². The largest absolute Gasteiger partial charge is 0.347 e. The summed E-state index contributed by atoms with van der Waals surface area (Å²) < 4.78 is 23.2. The molecule has 0 fully saturated rings. The van der Waals surface area contributed by atoms with Gasteiger partial charge in [0.1, 0.15) is 4.21 Å². The molecule has 106 valence electrons. The summed E-state index contributed by atoms with van der Waals surface area (Å²) in [5.41, 5.74) is 0.592. The van der Waals surface area contributed by atoms with E-state index in [1.807, 2.05) is 12.1 Å². The first-order valence-electron chi connectivity index (χ1n) is 5.44. The SMILES string of the molecule is O=C(NCc1ccc(S(=O)(=O)Cl)s1)c1ccccc1I. The lowest BCUT2D eigenvalue weighted by Gasteiger charge is -2.05. The van der Waals surface area contributed by atoms with Crippen molar-refractivity contribution in [1.29, 1.82) is 0 Å². The van der Waals surface area contributed by atoms with Crippen LogP contribution in [0.3, 0.4) is 0 Å². The van der Waals surface area contributed by atoms with E-state index in [-0.39, 0.29) is 16.7 Å². The lowest BCUT2D eigenvalue weighted by atomic mass is 10.2. The second kappa shape index (κ2) is 6.42. The van der Waals surface area contributed by atoms with Crippen LogP contribution in [0.4, 0.5) is 0 Å². The number of amides is 1. The van der Waals surface area contributed by atoms with Crippen molar-refractivity contribution in [3.05, 3.63) is 50.4 Å². The average molecular weight is 442 g/mol. The van der Waals surface area contributed by atoms with E-state index in [0.717, 1.165) is 19.8 Å². The summed E-state index contributed by atoms with van der Waals surface area (Å²) in [7, 11) is 1.54. The number of hydrogen-bond donors (Lipinski definition) is 1. The zero-order valence-corrected chi connectivity index (χ0v) is 14.5. The maximum Gasteiger partial charge on any atom is 0.270 e. The van der Waals surface area contributed by atoms with Crippen LogP contribution in [-0.4, -0.2) is 14.3 Å². The Morgan fingerprint density at radius 3 is 2.55 bits per heavy atom. The molecular formula is C12H9ClINO3S2. The first kappa shape index (κ1) is 15.7. The molecule has 1 aromatic carbocycles. The summed E-state index contributed by atoms with van der Waals surface area (Å²) in [5, 5.41) is 2.75. The fourth-order valence-electron chi connectivity index (χ4n) is 1.49. The molecule has 0 atom stereocenters. The molecule has 0 radical (unpaired) electrons. The van der Waals surface area contributed by atoms with Gasteiger partial charge in [-0.05, 0) is 46.9 Å². The van der Waals surface area contributed by atoms with Crippen LogP contribution in [0.1, 0.15) is 15.2 Å². The molecule has 2 aromatic rings. The number of hydrogen-bond acceptors (Lipinski definition) is 4. The second-order valence-corrected chi connectivity index (χ2v) is 8.94. The van der Waals surface area contributed by atoms with Crippen LogP contribution < -0.4 is 5.32 Å². The van der Waals surface area contributed by atoms with Gasteiger partial charge in [0.05, 0.1) is 12.1 Å². The lowest BCUT2D eigenvalue weighted by molar-refractivity contribution is 0.0950.